The standard InChI is InChI=1S/C22H26N4O2S/c1-2-29-20-5-3-16(4-6-20)11-21(27)25-14-19-12-18(25)15-26(19)22(28)13-24-17-7-9-23-10-8-17/h3-10,18-19H,2,11-15H2,1H3,(H,23,24)/t18-,19-/m0/s1. The van der Waals surface area contributed by atoms with Crippen molar-refractivity contribution in [3.05, 3.63) is 54.4 Å². The van der Waals surface area contributed by atoms with Crippen molar-refractivity contribution in [1.29, 1.82) is 0 Å². The second kappa shape index (κ2) is 8.86. The fourth-order valence-corrected chi connectivity index (χ4v) is 4.84. The number of hydrogen-bond acceptors (Lipinski definition) is 5. The van der Waals surface area contributed by atoms with Gasteiger partial charge in [-0.1, -0.05) is 19.1 Å². The van der Waals surface area contributed by atoms with Gasteiger partial charge in [-0.25, -0.2) is 0 Å². The molecule has 2 aliphatic rings. The molecule has 4 rings (SSSR count). The van der Waals surface area contributed by atoms with Crippen molar-refractivity contribution in [3.8, 4) is 0 Å². The first kappa shape index (κ1) is 19.8. The van der Waals surface area contributed by atoms with Gasteiger partial charge >= 0.3 is 0 Å². The fraction of sp³-hybridized carbons (Fsp3) is 0.409. The number of rotatable bonds is 7. The normalized spacial score (nSPS) is 20.2. The summed E-state index contributed by atoms with van der Waals surface area (Å²) in [6, 6.07) is 12.2. The highest BCUT2D eigenvalue weighted by atomic mass is 32.2. The van der Waals surface area contributed by atoms with E-state index in [0.717, 1.165) is 23.4 Å². The number of fused-ring (bicyclic) bond motifs is 2. The first-order valence-electron chi connectivity index (χ1n) is 10.1. The Hall–Kier alpha value is -2.54. The number of carbonyl (C=O) groups excluding carboxylic acids is 2. The zero-order valence-corrected chi connectivity index (χ0v) is 17.4. The molecule has 0 spiro atoms. The van der Waals surface area contributed by atoms with Crippen molar-refractivity contribution in [2.24, 2.45) is 0 Å². The molecule has 2 amide bonds. The Morgan fingerprint density at radius 2 is 1.69 bits per heavy atom. The molecule has 1 N–H and O–H groups in total. The van der Waals surface area contributed by atoms with E-state index in [1.165, 1.54) is 4.90 Å². The van der Waals surface area contributed by atoms with Gasteiger partial charge in [0.15, 0.2) is 0 Å². The quantitative estimate of drug-likeness (QED) is 0.711. The van der Waals surface area contributed by atoms with E-state index in [4.69, 9.17) is 0 Å². The average molecular weight is 411 g/mol. The summed E-state index contributed by atoms with van der Waals surface area (Å²) >= 11 is 1.80. The van der Waals surface area contributed by atoms with E-state index in [0.29, 0.717) is 19.5 Å². The lowest BCUT2D eigenvalue weighted by molar-refractivity contribution is -0.138. The number of likely N-dealkylation sites (tertiary alicyclic amines) is 2. The molecular weight excluding hydrogens is 384 g/mol. The highest BCUT2D eigenvalue weighted by Crippen LogP contribution is 2.31. The van der Waals surface area contributed by atoms with E-state index in [1.54, 1.807) is 24.2 Å². The Labute approximate surface area is 175 Å². The molecule has 2 bridgehead atoms. The molecule has 7 heteroatoms. The Morgan fingerprint density at radius 1 is 1.03 bits per heavy atom. The fourth-order valence-electron chi connectivity index (χ4n) is 4.17. The summed E-state index contributed by atoms with van der Waals surface area (Å²) in [5.41, 5.74) is 1.94. The Kier molecular flexibility index (Phi) is 6.04. The van der Waals surface area contributed by atoms with Gasteiger partial charge in [0.05, 0.1) is 25.0 Å². The van der Waals surface area contributed by atoms with E-state index in [-0.39, 0.29) is 30.4 Å². The van der Waals surface area contributed by atoms with Gasteiger partial charge in [0.2, 0.25) is 11.8 Å². The minimum atomic E-state index is 0.0884. The first-order chi connectivity index (χ1) is 14.1. The van der Waals surface area contributed by atoms with Crippen LogP contribution in [0, 0.1) is 0 Å². The molecule has 6 nitrogen and oxygen atoms in total. The molecule has 0 unspecified atom stereocenters. The van der Waals surface area contributed by atoms with E-state index >= 15 is 0 Å². The molecule has 0 radical (unpaired) electrons. The van der Waals surface area contributed by atoms with Crippen LogP contribution < -0.4 is 5.32 Å². The second-order valence-corrected chi connectivity index (χ2v) is 8.82. The molecule has 2 aliphatic heterocycles. The van der Waals surface area contributed by atoms with Crippen LogP contribution in [0.4, 0.5) is 5.69 Å². The van der Waals surface area contributed by atoms with E-state index in [9.17, 15) is 9.59 Å². The summed E-state index contributed by atoms with van der Waals surface area (Å²) in [6.07, 6.45) is 4.71. The summed E-state index contributed by atoms with van der Waals surface area (Å²) < 4.78 is 0. The number of amides is 2. The first-order valence-corrected chi connectivity index (χ1v) is 11.1. The average Bonchev–Trinajstić information content (AvgIpc) is 3.35. The third kappa shape index (κ3) is 4.56. The predicted molar refractivity (Wildman–Crippen MR) is 115 cm³/mol. The molecule has 2 fully saturated rings. The van der Waals surface area contributed by atoms with E-state index in [2.05, 4.69) is 29.4 Å². The molecule has 2 aromatic rings. The number of nitrogens with zero attached hydrogens (tertiary/aromatic N) is 3. The Morgan fingerprint density at radius 3 is 2.31 bits per heavy atom. The smallest absolute Gasteiger partial charge is 0.242 e. The zero-order chi connectivity index (χ0) is 20.2. The highest BCUT2D eigenvalue weighted by molar-refractivity contribution is 7.99. The number of hydrogen-bond donors (Lipinski definition) is 1. The lowest BCUT2D eigenvalue weighted by Crippen LogP contribution is -2.52. The number of nitrogens with one attached hydrogen (secondary N) is 1. The number of benzene rings is 1. The summed E-state index contributed by atoms with van der Waals surface area (Å²) in [5.74, 6) is 1.29. The van der Waals surface area contributed by atoms with Crippen molar-refractivity contribution in [3.63, 3.8) is 0 Å². The van der Waals surface area contributed by atoms with Gasteiger partial charge in [-0.2, -0.15) is 0 Å². The maximum absolute atomic E-state index is 12.8. The van der Waals surface area contributed by atoms with Crippen LogP contribution in [0.5, 0.6) is 0 Å². The zero-order valence-electron chi connectivity index (χ0n) is 16.6. The molecule has 1 aromatic carbocycles. The molecule has 0 saturated carbocycles. The molecule has 3 heterocycles. The van der Waals surface area contributed by atoms with Gasteiger partial charge < -0.3 is 15.1 Å². The molecule has 152 valence electrons. The van der Waals surface area contributed by atoms with Crippen molar-refractivity contribution >= 4 is 29.3 Å². The van der Waals surface area contributed by atoms with Gasteiger partial charge in [0, 0.05) is 36.1 Å². The molecule has 2 atom stereocenters. The molecule has 1 aromatic heterocycles. The van der Waals surface area contributed by atoms with Gasteiger partial charge in [-0.15, -0.1) is 11.8 Å². The third-order valence-corrected chi connectivity index (χ3v) is 6.49. The Bertz CT molecular complexity index is 859. The molecular formula is C22H26N4O2S. The largest absolute Gasteiger partial charge is 0.376 e. The second-order valence-electron chi connectivity index (χ2n) is 7.48. The lowest BCUT2D eigenvalue weighted by Gasteiger charge is -2.34. The van der Waals surface area contributed by atoms with Crippen molar-refractivity contribution in [2.75, 3.05) is 30.7 Å². The summed E-state index contributed by atoms with van der Waals surface area (Å²) in [7, 11) is 0. The number of aromatic nitrogens is 1. The van der Waals surface area contributed by atoms with Gasteiger partial charge in [-0.05, 0) is 42.0 Å². The summed E-state index contributed by atoms with van der Waals surface area (Å²) in [5, 5.41) is 3.15. The number of carbonyl (C=O) groups is 2. The van der Waals surface area contributed by atoms with Crippen LogP contribution in [-0.4, -0.2) is 64.1 Å². The minimum absolute atomic E-state index is 0.0884. The lowest BCUT2D eigenvalue weighted by atomic mass is 10.1. The van der Waals surface area contributed by atoms with Crippen LogP contribution >= 0.6 is 11.8 Å². The van der Waals surface area contributed by atoms with Crippen molar-refractivity contribution in [1.82, 2.24) is 14.8 Å². The molecule has 0 aliphatic carbocycles. The number of anilines is 1. The van der Waals surface area contributed by atoms with Crippen LogP contribution in [-0.2, 0) is 16.0 Å². The van der Waals surface area contributed by atoms with Crippen LogP contribution in [0.15, 0.2) is 53.7 Å². The highest BCUT2D eigenvalue weighted by Gasteiger charge is 2.46. The van der Waals surface area contributed by atoms with E-state index in [1.807, 2.05) is 34.1 Å². The topological polar surface area (TPSA) is 65.5 Å². The summed E-state index contributed by atoms with van der Waals surface area (Å²) in [4.78, 5) is 34.5. The number of piperazine rings is 1. The van der Waals surface area contributed by atoms with Crippen molar-refractivity contribution in [2.45, 2.75) is 36.7 Å². The summed E-state index contributed by atoms with van der Waals surface area (Å²) in [6.45, 7) is 3.69. The SMILES string of the molecule is CCSc1ccc(CC(=O)N2C[C@@H]3C[C@H]2CN3C(=O)CNc2ccncc2)cc1. The van der Waals surface area contributed by atoms with Crippen LogP contribution in [0.25, 0.3) is 0 Å². The number of thioether (sulfide) groups is 1. The van der Waals surface area contributed by atoms with Crippen LogP contribution in [0.1, 0.15) is 18.9 Å². The number of pyridine rings is 1. The predicted octanol–water partition coefficient (Wildman–Crippen LogP) is 2.66. The molecule has 29 heavy (non-hydrogen) atoms. The Balaban J connectivity index is 1.28. The van der Waals surface area contributed by atoms with Crippen molar-refractivity contribution < 1.29 is 9.59 Å². The maximum Gasteiger partial charge on any atom is 0.242 e. The van der Waals surface area contributed by atoms with Gasteiger partial charge in [0.1, 0.15) is 0 Å². The maximum atomic E-state index is 12.8. The minimum Gasteiger partial charge on any atom is -0.376 e. The van der Waals surface area contributed by atoms with Gasteiger partial charge in [-0.3, -0.25) is 14.6 Å². The third-order valence-electron chi connectivity index (χ3n) is 5.60. The van der Waals surface area contributed by atoms with Crippen LogP contribution in [0.2, 0.25) is 0 Å². The van der Waals surface area contributed by atoms with Crippen LogP contribution in [0.3, 0.4) is 0 Å². The van der Waals surface area contributed by atoms with Gasteiger partial charge in [0.25, 0.3) is 0 Å². The van der Waals surface area contributed by atoms with E-state index < -0.39 is 0 Å². The molecule has 2 saturated heterocycles. The monoisotopic (exact) mass is 410 g/mol.